The van der Waals surface area contributed by atoms with Crippen LogP contribution in [0.15, 0.2) is 0 Å². The summed E-state index contributed by atoms with van der Waals surface area (Å²) in [6.07, 6.45) is 4.84. The molecule has 1 amide bonds. The van der Waals surface area contributed by atoms with E-state index in [2.05, 4.69) is 10.4 Å². The number of esters is 1. The number of hydrogen-bond acceptors (Lipinski definition) is 7. The Morgan fingerprint density at radius 2 is 2.00 bits per heavy atom. The van der Waals surface area contributed by atoms with Crippen LogP contribution in [0.4, 0.5) is 10.7 Å². The fourth-order valence-electron chi connectivity index (χ4n) is 3.66. The van der Waals surface area contributed by atoms with Crippen molar-refractivity contribution in [2.45, 2.75) is 59.4 Å². The Morgan fingerprint density at radius 3 is 2.66 bits per heavy atom. The van der Waals surface area contributed by atoms with Crippen LogP contribution in [0.1, 0.15) is 58.4 Å². The lowest BCUT2D eigenvalue weighted by molar-refractivity contribution is -0.386. The molecular formula is C19H24N4O5S. The van der Waals surface area contributed by atoms with Gasteiger partial charge < -0.3 is 10.1 Å². The van der Waals surface area contributed by atoms with E-state index in [1.54, 1.807) is 13.8 Å². The van der Waals surface area contributed by atoms with Crippen LogP contribution in [0.5, 0.6) is 0 Å². The summed E-state index contributed by atoms with van der Waals surface area (Å²) < 4.78 is 6.53. The second-order valence-electron chi connectivity index (χ2n) is 6.97. The van der Waals surface area contributed by atoms with Crippen LogP contribution in [-0.2, 0) is 28.9 Å². The number of carbonyl (C=O) groups excluding carboxylic acids is 2. The molecule has 1 aliphatic rings. The second kappa shape index (κ2) is 8.73. The molecule has 0 atom stereocenters. The first-order valence-corrected chi connectivity index (χ1v) is 10.4. The molecule has 2 aromatic heterocycles. The standard InChI is InChI=1S/C19H24N4O5S/c1-4-28-19(25)16-13-8-6-5-7-9-14(13)29-18(16)20-15(24)10-22-12(3)17(23(26)27)11(2)21-22/h4-10H2,1-3H3,(H,20,24). The van der Waals surface area contributed by atoms with Gasteiger partial charge in [0, 0.05) is 4.88 Å². The van der Waals surface area contributed by atoms with Gasteiger partial charge in [-0.3, -0.25) is 19.6 Å². The molecule has 0 spiro atoms. The number of amides is 1. The van der Waals surface area contributed by atoms with Gasteiger partial charge in [0.05, 0.1) is 17.1 Å². The van der Waals surface area contributed by atoms with E-state index in [-0.39, 0.29) is 24.5 Å². The molecule has 1 N–H and O–H groups in total. The molecular weight excluding hydrogens is 396 g/mol. The first kappa shape index (κ1) is 21.0. The van der Waals surface area contributed by atoms with Crippen molar-refractivity contribution < 1.29 is 19.2 Å². The van der Waals surface area contributed by atoms with Crippen molar-refractivity contribution in [2.24, 2.45) is 0 Å². The van der Waals surface area contributed by atoms with Crippen LogP contribution < -0.4 is 5.32 Å². The van der Waals surface area contributed by atoms with Gasteiger partial charge in [-0.05, 0) is 52.0 Å². The van der Waals surface area contributed by atoms with E-state index in [0.717, 1.165) is 42.5 Å². The lowest BCUT2D eigenvalue weighted by atomic mass is 10.1. The van der Waals surface area contributed by atoms with E-state index in [1.807, 2.05) is 0 Å². The van der Waals surface area contributed by atoms with Crippen LogP contribution in [0.3, 0.4) is 0 Å². The molecule has 0 radical (unpaired) electrons. The molecule has 0 fully saturated rings. The number of ether oxygens (including phenoxy) is 1. The summed E-state index contributed by atoms with van der Waals surface area (Å²) in [5.41, 5.74) is 1.91. The lowest BCUT2D eigenvalue weighted by Crippen LogP contribution is -2.21. The first-order valence-electron chi connectivity index (χ1n) is 9.63. The van der Waals surface area contributed by atoms with E-state index >= 15 is 0 Å². The Morgan fingerprint density at radius 1 is 1.28 bits per heavy atom. The number of nitro groups is 1. The molecule has 2 heterocycles. The molecule has 0 saturated heterocycles. The third-order valence-corrected chi connectivity index (χ3v) is 6.18. The van der Waals surface area contributed by atoms with E-state index < -0.39 is 16.8 Å². The number of nitrogens with zero attached hydrogens (tertiary/aromatic N) is 3. The topological polar surface area (TPSA) is 116 Å². The van der Waals surface area contributed by atoms with Gasteiger partial charge in [0.1, 0.15) is 22.9 Å². The van der Waals surface area contributed by atoms with Crippen LogP contribution in [0.25, 0.3) is 0 Å². The van der Waals surface area contributed by atoms with Crippen molar-refractivity contribution in [1.82, 2.24) is 9.78 Å². The molecule has 2 aromatic rings. The summed E-state index contributed by atoms with van der Waals surface area (Å²) in [5, 5.41) is 18.6. The minimum absolute atomic E-state index is 0.0900. The third-order valence-electron chi connectivity index (χ3n) is 4.97. The number of anilines is 1. The summed E-state index contributed by atoms with van der Waals surface area (Å²) >= 11 is 1.42. The Bertz CT molecular complexity index is 962. The van der Waals surface area contributed by atoms with Crippen LogP contribution in [0.2, 0.25) is 0 Å². The van der Waals surface area contributed by atoms with Gasteiger partial charge in [0.25, 0.3) is 0 Å². The van der Waals surface area contributed by atoms with Gasteiger partial charge >= 0.3 is 11.7 Å². The van der Waals surface area contributed by atoms with E-state index in [4.69, 9.17) is 4.74 Å². The monoisotopic (exact) mass is 420 g/mol. The van der Waals surface area contributed by atoms with E-state index in [1.165, 1.54) is 22.9 Å². The molecule has 0 bridgehead atoms. The molecule has 0 saturated carbocycles. The Kier molecular flexibility index (Phi) is 6.31. The summed E-state index contributed by atoms with van der Waals surface area (Å²) in [6, 6.07) is 0. The highest BCUT2D eigenvalue weighted by Gasteiger charge is 2.27. The van der Waals surface area contributed by atoms with Crippen molar-refractivity contribution in [3.05, 3.63) is 37.5 Å². The molecule has 1 aliphatic carbocycles. The Balaban J connectivity index is 1.86. The van der Waals surface area contributed by atoms with E-state index in [0.29, 0.717) is 16.3 Å². The maximum Gasteiger partial charge on any atom is 0.341 e. The zero-order valence-electron chi connectivity index (χ0n) is 16.7. The maximum absolute atomic E-state index is 12.7. The average Bonchev–Trinajstić information content (AvgIpc) is 3.00. The number of fused-ring (bicyclic) bond motifs is 1. The fourth-order valence-corrected chi connectivity index (χ4v) is 4.95. The van der Waals surface area contributed by atoms with Crippen molar-refractivity contribution >= 4 is 33.9 Å². The molecule has 9 nitrogen and oxygen atoms in total. The molecule has 10 heteroatoms. The van der Waals surface area contributed by atoms with Crippen molar-refractivity contribution in [3.63, 3.8) is 0 Å². The number of thiophene rings is 1. The highest BCUT2D eigenvalue weighted by Crippen LogP contribution is 2.38. The Labute approximate surface area is 172 Å². The van der Waals surface area contributed by atoms with Gasteiger partial charge in [0.2, 0.25) is 5.91 Å². The first-order chi connectivity index (χ1) is 13.8. The van der Waals surface area contributed by atoms with Gasteiger partial charge in [-0.2, -0.15) is 5.10 Å². The summed E-state index contributed by atoms with van der Waals surface area (Å²) in [7, 11) is 0. The minimum atomic E-state index is -0.499. The lowest BCUT2D eigenvalue weighted by Gasteiger charge is -2.09. The number of aromatic nitrogens is 2. The zero-order valence-corrected chi connectivity index (χ0v) is 17.6. The van der Waals surface area contributed by atoms with Gasteiger partial charge in [-0.25, -0.2) is 4.79 Å². The predicted molar refractivity (Wildman–Crippen MR) is 109 cm³/mol. The highest BCUT2D eigenvalue weighted by atomic mass is 32.1. The normalized spacial score (nSPS) is 13.5. The predicted octanol–water partition coefficient (Wildman–Crippen LogP) is 3.55. The number of carbonyl (C=O) groups is 2. The Hall–Kier alpha value is -2.75. The smallest absolute Gasteiger partial charge is 0.341 e. The summed E-state index contributed by atoms with van der Waals surface area (Å²) in [5.74, 6) is -0.823. The molecule has 0 aliphatic heterocycles. The molecule has 156 valence electrons. The number of rotatable bonds is 6. The summed E-state index contributed by atoms with van der Waals surface area (Å²) in [4.78, 5) is 37.0. The van der Waals surface area contributed by atoms with Crippen molar-refractivity contribution in [1.29, 1.82) is 0 Å². The van der Waals surface area contributed by atoms with Crippen LogP contribution in [0, 0.1) is 24.0 Å². The van der Waals surface area contributed by atoms with Gasteiger partial charge in [-0.1, -0.05) is 6.42 Å². The van der Waals surface area contributed by atoms with E-state index in [9.17, 15) is 19.7 Å². The van der Waals surface area contributed by atoms with Crippen LogP contribution in [-0.4, -0.2) is 33.2 Å². The summed E-state index contributed by atoms with van der Waals surface area (Å²) in [6.45, 7) is 4.92. The number of nitrogens with one attached hydrogen (secondary N) is 1. The second-order valence-corrected chi connectivity index (χ2v) is 8.08. The molecule has 0 aromatic carbocycles. The SMILES string of the molecule is CCOC(=O)c1c(NC(=O)Cn2nc(C)c([N+](=O)[O-])c2C)sc2c1CCCCC2. The molecule has 3 rings (SSSR count). The maximum atomic E-state index is 12.7. The molecule has 29 heavy (non-hydrogen) atoms. The highest BCUT2D eigenvalue weighted by molar-refractivity contribution is 7.17. The van der Waals surface area contributed by atoms with Gasteiger partial charge in [0.15, 0.2) is 0 Å². The fraction of sp³-hybridized carbons (Fsp3) is 0.526. The zero-order chi connectivity index (χ0) is 21.1. The average molecular weight is 420 g/mol. The van der Waals surface area contributed by atoms with Crippen LogP contribution >= 0.6 is 11.3 Å². The number of aryl methyl sites for hydroxylation is 2. The quantitative estimate of drug-likeness (QED) is 0.331. The molecule has 0 unspecified atom stereocenters. The largest absolute Gasteiger partial charge is 0.462 e. The van der Waals surface area contributed by atoms with Gasteiger partial charge in [-0.15, -0.1) is 11.3 Å². The number of hydrogen-bond donors (Lipinski definition) is 1. The van der Waals surface area contributed by atoms with Crippen molar-refractivity contribution in [2.75, 3.05) is 11.9 Å². The minimum Gasteiger partial charge on any atom is -0.462 e. The van der Waals surface area contributed by atoms with Crippen molar-refractivity contribution in [3.8, 4) is 0 Å². The third kappa shape index (κ3) is 4.31.